The van der Waals surface area contributed by atoms with Crippen molar-refractivity contribution >= 4 is 27.9 Å². The number of nitrogens with zero attached hydrogens (tertiary/aromatic N) is 2. The van der Waals surface area contributed by atoms with Gasteiger partial charge in [0, 0.05) is 44.1 Å². The number of sulfonamides is 1. The zero-order chi connectivity index (χ0) is 20.5. The van der Waals surface area contributed by atoms with Crippen LogP contribution in [0.4, 0.5) is 10.5 Å². The SMILES string of the molecule is Cc1cc(N(C)C(=O)O)cc(C)c1/C=C/S(=O)(=O)N1CCC2(CC1)OCCO2. The van der Waals surface area contributed by atoms with E-state index in [0.717, 1.165) is 21.6 Å². The van der Waals surface area contributed by atoms with Crippen LogP contribution in [-0.4, -0.2) is 63.1 Å². The Hall–Kier alpha value is -1.94. The molecule has 1 aromatic rings. The lowest BCUT2D eigenvalue weighted by Gasteiger charge is -2.36. The third-order valence-electron chi connectivity index (χ3n) is 5.32. The zero-order valence-electron chi connectivity index (χ0n) is 16.3. The lowest BCUT2D eigenvalue weighted by Crippen LogP contribution is -2.46. The predicted molar refractivity (Wildman–Crippen MR) is 106 cm³/mol. The Morgan fingerprint density at radius 1 is 1.18 bits per heavy atom. The Balaban J connectivity index is 1.74. The van der Waals surface area contributed by atoms with Crippen molar-refractivity contribution in [3.05, 3.63) is 34.2 Å². The fourth-order valence-electron chi connectivity index (χ4n) is 3.63. The molecule has 1 spiro atoms. The first-order valence-corrected chi connectivity index (χ1v) is 10.7. The largest absolute Gasteiger partial charge is 0.465 e. The molecule has 0 aliphatic carbocycles. The van der Waals surface area contributed by atoms with Crippen molar-refractivity contribution in [1.82, 2.24) is 4.31 Å². The summed E-state index contributed by atoms with van der Waals surface area (Å²) in [4.78, 5) is 12.3. The van der Waals surface area contributed by atoms with Crippen molar-refractivity contribution in [2.75, 3.05) is 38.3 Å². The number of hydrogen-bond acceptors (Lipinski definition) is 5. The van der Waals surface area contributed by atoms with Crippen LogP contribution in [-0.2, 0) is 19.5 Å². The number of benzene rings is 1. The average Bonchev–Trinajstić information content (AvgIpc) is 3.08. The van der Waals surface area contributed by atoms with E-state index in [2.05, 4.69) is 0 Å². The molecule has 8 nitrogen and oxygen atoms in total. The third kappa shape index (κ3) is 4.22. The van der Waals surface area contributed by atoms with Gasteiger partial charge in [0.15, 0.2) is 5.79 Å². The van der Waals surface area contributed by atoms with Crippen LogP contribution in [0.2, 0.25) is 0 Å². The maximum atomic E-state index is 12.7. The zero-order valence-corrected chi connectivity index (χ0v) is 17.2. The van der Waals surface area contributed by atoms with Gasteiger partial charge in [-0.1, -0.05) is 0 Å². The molecule has 0 aromatic heterocycles. The van der Waals surface area contributed by atoms with Gasteiger partial charge in [0.25, 0.3) is 0 Å². The number of anilines is 1. The molecule has 0 unspecified atom stereocenters. The van der Waals surface area contributed by atoms with Gasteiger partial charge in [-0.15, -0.1) is 0 Å². The van der Waals surface area contributed by atoms with Crippen LogP contribution < -0.4 is 4.90 Å². The summed E-state index contributed by atoms with van der Waals surface area (Å²) in [5.74, 6) is -0.616. The maximum absolute atomic E-state index is 12.7. The van der Waals surface area contributed by atoms with Crippen molar-refractivity contribution in [3.8, 4) is 0 Å². The second-order valence-electron chi connectivity index (χ2n) is 7.19. The second-order valence-corrected chi connectivity index (χ2v) is 9.01. The maximum Gasteiger partial charge on any atom is 0.411 e. The molecule has 0 saturated carbocycles. The fourth-order valence-corrected chi connectivity index (χ4v) is 4.80. The molecular weight excluding hydrogens is 384 g/mol. The molecule has 2 aliphatic rings. The van der Waals surface area contributed by atoms with E-state index >= 15 is 0 Å². The molecule has 9 heteroatoms. The molecule has 3 rings (SSSR count). The second kappa shape index (κ2) is 7.82. The lowest BCUT2D eigenvalue weighted by molar-refractivity contribution is -0.179. The van der Waals surface area contributed by atoms with Gasteiger partial charge in [-0.3, -0.25) is 4.90 Å². The Labute approximate surface area is 165 Å². The normalized spacial score (nSPS) is 20.1. The van der Waals surface area contributed by atoms with Gasteiger partial charge in [0.1, 0.15) is 0 Å². The summed E-state index contributed by atoms with van der Waals surface area (Å²) in [6, 6.07) is 3.46. The van der Waals surface area contributed by atoms with E-state index < -0.39 is 21.9 Å². The highest BCUT2D eigenvalue weighted by Crippen LogP contribution is 2.32. The van der Waals surface area contributed by atoms with E-state index in [1.165, 1.54) is 16.8 Å². The van der Waals surface area contributed by atoms with Gasteiger partial charge in [-0.05, 0) is 48.7 Å². The van der Waals surface area contributed by atoms with Crippen LogP contribution >= 0.6 is 0 Å². The number of rotatable bonds is 4. The summed E-state index contributed by atoms with van der Waals surface area (Å²) >= 11 is 0. The highest BCUT2D eigenvalue weighted by Gasteiger charge is 2.41. The smallest absolute Gasteiger partial charge is 0.411 e. The van der Waals surface area contributed by atoms with Crippen LogP contribution in [0.25, 0.3) is 6.08 Å². The van der Waals surface area contributed by atoms with E-state index in [0.29, 0.717) is 44.8 Å². The molecule has 2 heterocycles. The van der Waals surface area contributed by atoms with Crippen molar-refractivity contribution in [2.24, 2.45) is 0 Å². The van der Waals surface area contributed by atoms with Crippen LogP contribution in [0.1, 0.15) is 29.5 Å². The molecule has 0 atom stereocenters. The molecule has 1 amide bonds. The lowest BCUT2D eigenvalue weighted by atomic mass is 10.0. The van der Waals surface area contributed by atoms with Gasteiger partial charge >= 0.3 is 6.09 Å². The van der Waals surface area contributed by atoms with Crippen molar-refractivity contribution in [1.29, 1.82) is 0 Å². The number of amides is 1. The minimum atomic E-state index is -3.56. The quantitative estimate of drug-likeness (QED) is 0.820. The summed E-state index contributed by atoms with van der Waals surface area (Å²) in [5, 5.41) is 10.3. The fraction of sp³-hybridized carbons (Fsp3) is 0.526. The molecule has 2 saturated heterocycles. The first-order valence-electron chi connectivity index (χ1n) is 9.18. The minimum absolute atomic E-state index is 0.354. The number of ether oxygens (including phenoxy) is 2. The van der Waals surface area contributed by atoms with Crippen LogP contribution in [0.5, 0.6) is 0 Å². The predicted octanol–water partition coefficient (Wildman–Crippen LogP) is 2.56. The van der Waals surface area contributed by atoms with E-state index in [1.807, 2.05) is 13.8 Å². The van der Waals surface area contributed by atoms with Gasteiger partial charge < -0.3 is 14.6 Å². The summed E-state index contributed by atoms with van der Waals surface area (Å²) in [5.41, 5.74) is 2.92. The van der Waals surface area contributed by atoms with Gasteiger partial charge in [0.05, 0.1) is 13.2 Å². The van der Waals surface area contributed by atoms with Gasteiger partial charge in [0.2, 0.25) is 10.0 Å². The molecule has 2 aliphatic heterocycles. The van der Waals surface area contributed by atoms with Crippen molar-refractivity contribution in [3.63, 3.8) is 0 Å². The molecule has 154 valence electrons. The van der Waals surface area contributed by atoms with E-state index in [4.69, 9.17) is 14.6 Å². The Morgan fingerprint density at radius 2 is 1.71 bits per heavy atom. The molecule has 0 bridgehead atoms. The molecule has 1 aromatic carbocycles. The Kier molecular flexibility index (Phi) is 5.81. The van der Waals surface area contributed by atoms with E-state index in [-0.39, 0.29) is 0 Å². The summed E-state index contributed by atoms with van der Waals surface area (Å²) in [6.45, 7) is 5.48. The topological polar surface area (TPSA) is 96.4 Å². The highest BCUT2D eigenvalue weighted by atomic mass is 32.2. The number of piperidine rings is 1. The number of carbonyl (C=O) groups is 1. The standard InChI is InChI=1S/C19H26N2O6S/c1-14-12-16(20(3)18(22)23)13-15(2)17(14)4-11-28(24,25)21-7-5-19(6-8-21)26-9-10-27-19/h4,11-13H,5-10H2,1-3H3,(H,22,23)/b11-4+. The van der Waals surface area contributed by atoms with E-state index in [9.17, 15) is 13.2 Å². The molecule has 0 radical (unpaired) electrons. The molecular formula is C19H26N2O6S. The first-order chi connectivity index (χ1) is 13.1. The number of aryl methyl sites for hydroxylation is 2. The molecule has 1 N–H and O–H groups in total. The van der Waals surface area contributed by atoms with Gasteiger partial charge in [-0.2, -0.15) is 4.31 Å². The Bertz CT molecular complexity index is 857. The number of hydrogen-bond donors (Lipinski definition) is 1. The summed E-state index contributed by atoms with van der Waals surface area (Å²) < 4.78 is 38.2. The van der Waals surface area contributed by atoms with Crippen molar-refractivity contribution in [2.45, 2.75) is 32.5 Å². The first kappa shape index (κ1) is 20.8. The monoisotopic (exact) mass is 410 g/mol. The summed E-state index contributed by atoms with van der Waals surface area (Å²) in [6.07, 6.45) is 1.57. The Morgan fingerprint density at radius 3 is 2.21 bits per heavy atom. The molecule has 28 heavy (non-hydrogen) atoms. The third-order valence-corrected chi connectivity index (χ3v) is 6.88. The highest BCUT2D eigenvalue weighted by molar-refractivity contribution is 7.92. The van der Waals surface area contributed by atoms with Crippen LogP contribution in [0.15, 0.2) is 17.5 Å². The minimum Gasteiger partial charge on any atom is -0.465 e. The van der Waals surface area contributed by atoms with E-state index in [1.54, 1.807) is 18.2 Å². The van der Waals surface area contributed by atoms with Crippen molar-refractivity contribution < 1.29 is 27.8 Å². The summed E-state index contributed by atoms with van der Waals surface area (Å²) in [7, 11) is -2.09. The average molecular weight is 410 g/mol. The molecule has 2 fully saturated rings. The van der Waals surface area contributed by atoms with Gasteiger partial charge in [-0.25, -0.2) is 13.2 Å². The van der Waals surface area contributed by atoms with Crippen LogP contribution in [0.3, 0.4) is 0 Å². The van der Waals surface area contributed by atoms with Crippen LogP contribution in [0, 0.1) is 13.8 Å². The number of carboxylic acid groups (broad SMARTS) is 1.